The molecule has 132 valence electrons. The van der Waals surface area contributed by atoms with Crippen LogP contribution in [0.15, 0.2) is 24.3 Å². The van der Waals surface area contributed by atoms with E-state index in [-0.39, 0.29) is 23.2 Å². The van der Waals surface area contributed by atoms with Crippen molar-refractivity contribution in [3.05, 3.63) is 35.4 Å². The number of rotatable bonds is 2. The van der Waals surface area contributed by atoms with Crippen LogP contribution in [-0.4, -0.2) is 47.8 Å². The van der Waals surface area contributed by atoms with Crippen molar-refractivity contribution in [2.24, 2.45) is 5.92 Å². The van der Waals surface area contributed by atoms with Gasteiger partial charge < -0.3 is 19.5 Å². The van der Waals surface area contributed by atoms with Crippen molar-refractivity contribution in [2.75, 3.05) is 13.6 Å². The lowest BCUT2D eigenvalue weighted by Gasteiger charge is -2.56. The predicted octanol–water partition coefficient (Wildman–Crippen LogP) is 2.16. The zero-order valence-corrected chi connectivity index (χ0v) is 14.6. The molecule has 2 bridgehead atoms. The van der Waals surface area contributed by atoms with Crippen molar-refractivity contribution in [2.45, 2.75) is 49.9 Å². The Bertz CT molecular complexity index is 788. The second kappa shape index (κ2) is 5.01. The molecule has 5 heteroatoms. The maximum Gasteiger partial charge on any atom is 0.306 e. The Balaban J connectivity index is 1.70. The largest absolute Gasteiger partial charge is 0.504 e. The fourth-order valence-corrected chi connectivity index (χ4v) is 5.56. The van der Waals surface area contributed by atoms with E-state index in [0.717, 1.165) is 24.9 Å². The summed E-state index contributed by atoms with van der Waals surface area (Å²) in [5.74, 6) is 0.910. The molecule has 1 saturated heterocycles. The van der Waals surface area contributed by atoms with Gasteiger partial charge in [0.15, 0.2) is 17.6 Å². The van der Waals surface area contributed by atoms with Crippen LogP contribution in [0.5, 0.6) is 11.5 Å². The molecule has 5 rings (SSSR count). The van der Waals surface area contributed by atoms with E-state index < -0.39 is 6.10 Å². The highest BCUT2D eigenvalue weighted by Gasteiger charge is 2.65. The second-order valence-electron chi connectivity index (χ2n) is 7.75. The van der Waals surface area contributed by atoms with Crippen LogP contribution in [0.25, 0.3) is 0 Å². The summed E-state index contributed by atoms with van der Waals surface area (Å²) in [6.07, 6.45) is 5.84. The molecule has 1 N–H and O–H groups in total. The molecule has 1 spiro atoms. The lowest BCUT2D eigenvalue weighted by atomic mass is 9.53. The van der Waals surface area contributed by atoms with E-state index >= 15 is 0 Å². The minimum absolute atomic E-state index is 0.194. The molecule has 1 aromatic rings. The van der Waals surface area contributed by atoms with Gasteiger partial charge >= 0.3 is 5.97 Å². The van der Waals surface area contributed by atoms with Crippen LogP contribution >= 0.6 is 0 Å². The van der Waals surface area contributed by atoms with E-state index in [1.807, 2.05) is 12.1 Å². The van der Waals surface area contributed by atoms with Crippen molar-refractivity contribution in [3.8, 4) is 11.5 Å². The molecule has 0 radical (unpaired) electrons. The van der Waals surface area contributed by atoms with Gasteiger partial charge in [0.05, 0.1) is 0 Å². The SMILES string of the molecule is CCC(=O)O[C@H]1C=C[C@H]2C3Cc4ccc(O)c5c4[C@@]2(CCN3C)[C@H]1O5. The number of carbonyl (C=O) groups is 1. The van der Waals surface area contributed by atoms with Crippen LogP contribution in [-0.2, 0) is 21.4 Å². The third-order valence-corrected chi connectivity index (χ3v) is 6.69. The van der Waals surface area contributed by atoms with Crippen LogP contribution in [0.1, 0.15) is 30.9 Å². The van der Waals surface area contributed by atoms with E-state index in [4.69, 9.17) is 9.47 Å². The summed E-state index contributed by atoms with van der Waals surface area (Å²) in [5.41, 5.74) is 2.22. The Kier molecular flexibility index (Phi) is 3.06. The van der Waals surface area contributed by atoms with Gasteiger partial charge in [-0.3, -0.25) is 4.79 Å². The van der Waals surface area contributed by atoms with E-state index in [2.05, 4.69) is 18.0 Å². The lowest BCUT2D eigenvalue weighted by molar-refractivity contribution is -0.154. The first-order valence-corrected chi connectivity index (χ1v) is 9.16. The quantitative estimate of drug-likeness (QED) is 0.660. The summed E-state index contributed by atoms with van der Waals surface area (Å²) >= 11 is 0. The lowest BCUT2D eigenvalue weighted by Crippen LogP contribution is -2.65. The van der Waals surface area contributed by atoms with E-state index in [9.17, 15) is 9.90 Å². The zero-order valence-electron chi connectivity index (χ0n) is 14.6. The van der Waals surface area contributed by atoms with E-state index in [0.29, 0.717) is 24.1 Å². The topological polar surface area (TPSA) is 59.0 Å². The number of esters is 1. The molecule has 2 aliphatic carbocycles. The smallest absolute Gasteiger partial charge is 0.306 e. The first-order chi connectivity index (χ1) is 12.1. The first kappa shape index (κ1) is 15.3. The van der Waals surface area contributed by atoms with Crippen LogP contribution in [0.2, 0.25) is 0 Å². The van der Waals surface area contributed by atoms with E-state index in [1.165, 1.54) is 5.56 Å². The Labute approximate surface area is 147 Å². The molecular weight excluding hydrogens is 318 g/mol. The second-order valence-corrected chi connectivity index (χ2v) is 7.75. The zero-order chi connectivity index (χ0) is 17.3. The number of piperidine rings is 1. The molecule has 2 aliphatic heterocycles. The van der Waals surface area contributed by atoms with Crippen molar-refractivity contribution in [3.63, 3.8) is 0 Å². The van der Waals surface area contributed by atoms with Gasteiger partial charge in [-0.05, 0) is 44.1 Å². The molecule has 5 atom stereocenters. The number of likely N-dealkylation sites (tertiary alicyclic amines) is 1. The number of phenols is 1. The number of nitrogens with zero attached hydrogens (tertiary/aromatic N) is 1. The maximum absolute atomic E-state index is 11.9. The summed E-state index contributed by atoms with van der Waals surface area (Å²) in [5, 5.41) is 10.4. The number of aromatic hydroxyl groups is 1. The van der Waals surface area contributed by atoms with E-state index in [1.54, 1.807) is 13.0 Å². The maximum atomic E-state index is 11.9. The first-order valence-electron chi connectivity index (χ1n) is 9.16. The van der Waals surface area contributed by atoms with Crippen LogP contribution in [0.3, 0.4) is 0 Å². The molecule has 1 fully saturated rings. The van der Waals surface area contributed by atoms with Gasteiger partial charge in [-0.15, -0.1) is 0 Å². The van der Waals surface area contributed by atoms with Gasteiger partial charge in [0.2, 0.25) is 0 Å². The molecule has 25 heavy (non-hydrogen) atoms. The Morgan fingerprint density at radius 3 is 3.08 bits per heavy atom. The minimum atomic E-state index is -0.398. The number of ether oxygens (including phenoxy) is 2. The summed E-state index contributed by atoms with van der Waals surface area (Å²) in [6.45, 7) is 2.79. The van der Waals surface area contributed by atoms with Crippen molar-refractivity contribution in [1.29, 1.82) is 0 Å². The third kappa shape index (κ3) is 1.79. The highest BCUT2D eigenvalue weighted by atomic mass is 16.6. The Morgan fingerprint density at radius 1 is 1.44 bits per heavy atom. The molecule has 2 heterocycles. The number of benzene rings is 1. The molecule has 1 unspecified atom stereocenters. The number of hydrogen-bond acceptors (Lipinski definition) is 5. The van der Waals surface area contributed by atoms with Gasteiger partial charge in [0.1, 0.15) is 6.10 Å². The third-order valence-electron chi connectivity index (χ3n) is 6.69. The normalized spacial score (nSPS) is 37.4. The molecule has 0 saturated carbocycles. The summed E-state index contributed by atoms with van der Waals surface area (Å²) in [6, 6.07) is 4.19. The van der Waals surface area contributed by atoms with Crippen LogP contribution in [0.4, 0.5) is 0 Å². The van der Waals surface area contributed by atoms with Gasteiger partial charge in [0.25, 0.3) is 0 Å². The molecular formula is C20H23NO4. The van der Waals surface area contributed by atoms with Gasteiger partial charge in [-0.25, -0.2) is 0 Å². The van der Waals surface area contributed by atoms with Crippen LogP contribution < -0.4 is 4.74 Å². The molecule has 5 nitrogen and oxygen atoms in total. The summed E-state index contributed by atoms with van der Waals surface area (Å²) < 4.78 is 12.0. The number of hydrogen-bond donors (Lipinski definition) is 1. The fraction of sp³-hybridized carbons (Fsp3) is 0.550. The molecule has 4 aliphatic rings. The van der Waals surface area contributed by atoms with Gasteiger partial charge in [-0.1, -0.05) is 19.1 Å². The molecule has 0 aromatic heterocycles. The minimum Gasteiger partial charge on any atom is -0.504 e. The van der Waals surface area contributed by atoms with Gasteiger partial charge in [-0.2, -0.15) is 0 Å². The predicted molar refractivity (Wildman–Crippen MR) is 91.7 cm³/mol. The highest BCUT2D eigenvalue weighted by Crippen LogP contribution is 2.62. The van der Waals surface area contributed by atoms with Crippen LogP contribution in [0, 0.1) is 5.92 Å². The van der Waals surface area contributed by atoms with Crippen molar-refractivity contribution >= 4 is 5.97 Å². The number of carbonyl (C=O) groups excluding carboxylic acids is 1. The number of likely N-dealkylation sites (N-methyl/N-ethyl adjacent to an activating group) is 1. The monoisotopic (exact) mass is 341 g/mol. The van der Waals surface area contributed by atoms with Gasteiger partial charge in [0, 0.05) is 29.4 Å². The Morgan fingerprint density at radius 2 is 2.28 bits per heavy atom. The van der Waals surface area contributed by atoms with Crippen molar-refractivity contribution in [1.82, 2.24) is 4.90 Å². The summed E-state index contributed by atoms with van der Waals surface area (Å²) in [7, 11) is 2.19. The fourth-order valence-electron chi connectivity index (χ4n) is 5.56. The Hall–Kier alpha value is -2.01. The number of phenolic OH excluding ortho intramolecular Hbond substituents is 1. The highest BCUT2D eigenvalue weighted by molar-refractivity contribution is 5.70. The van der Waals surface area contributed by atoms with Crippen molar-refractivity contribution < 1.29 is 19.4 Å². The average Bonchev–Trinajstić information content (AvgIpc) is 2.96. The average molecular weight is 341 g/mol. The standard InChI is InChI=1S/C20H23NO4/c1-3-16(23)24-15-7-5-12-13-10-11-4-6-14(22)18-17(11)20(12,19(15)25-18)8-9-21(13)2/h4-7,12-13,15,19,22H,3,8-10H2,1-2H3/t12-,13?,15-,19-,20-/m0/s1. The summed E-state index contributed by atoms with van der Waals surface area (Å²) in [4.78, 5) is 14.4. The molecule has 0 amide bonds. The molecule has 1 aromatic carbocycles.